The molecule has 2 rings (SSSR count). The van der Waals surface area contributed by atoms with E-state index >= 15 is 0 Å². The number of hydrogen-bond donors (Lipinski definition) is 1. The largest absolute Gasteiger partial charge is 0.381 e. The maximum atomic E-state index is 8.97. The Kier molecular flexibility index (Phi) is 3.75. The SMILES string of the molecule is Cc1ccc(C#N)cc1NCc1cccnc1C#N. The first-order chi connectivity index (χ1) is 9.24. The van der Waals surface area contributed by atoms with Crippen molar-refractivity contribution in [1.29, 1.82) is 10.5 Å². The Morgan fingerprint density at radius 1 is 1.21 bits per heavy atom. The van der Waals surface area contributed by atoms with Crippen LogP contribution in [0.3, 0.4) is 0 Å². The van der Waals surface area contributed by atoms with E-state index in [0.29, 0.717) is 17.8 Å². The van der Waals surface area contributed by atoms with Gasteiger partial charge in [0.2, 0.25) is 0 Å². The lowest BCUT2D eigenvalue weighted by Crippen LogP contribution is -2.04. The number of aryl methyl sites for hydroxylation is 1. The molecular formula is C15H12N4. The van der Waals surface area contributed by atoms with Gasteiger partial charge < -0.3 is 5.32 Å². The fraction of sp³-hybridized carbons (Fsp3) is 0.133. The second kappa shape index (κ2) is 5.66. The number of pyridine rings is 1. The Balaban J connectivity index is 2.20. The molecule has 0 bridgehead atoms. The van der Waals surface area contributed by atoms with E-state index < -0.39 is 0 Å². The number of rotatable bonds is 3. The zero-order valence-electron chi connectivity index (χ0n) is 10.5. The van der Waals surface area contributed by atoms with E-state index in [9.17, 15) is 0 Å². The van der Waals surface area contributed by atoms with Crippen molar-refractivity contribution >= 4 is 5.69 Å². The summed E-state index contributed by atoms with van der Waals surface area (Å²) in [7, 11) is 0. The van der Waals surface area contributed by atoms with Crippen LogP contribution in [0.5, 0.6) is 0 Å². The van der Waals surface area contributed by atoms with E-state index in [2.05, 4.69) is 22.4 Å². The molecular weight excluding hydrogens is 236 g/mol. The normalized spacial score (nSPS) is 9.42. The smallest absolute Gasteiger partial charge is 0.145 e. The van der Waals surface area contributed by atoms with Gasteiger partial charge in [0.05, 0.1) is 11.6 Å². The standard InChI is InChI=1S/C15H12N4/c1-11-4-5-12(8-16)7-14(11)19-10-13-3-2-6-18-15(13)9-17/h2-7,19H,10H2,1H3. The van der Waals surface area contributed by atoms with E-state index in [4.69, 9.17) is 10.5 Å². The molecule has 0 saturated heterocycles. The molecule has 0 unspecified atom stereocenters. The summed E-state index contributed by atoms with van der Waals surface area (Å²) in [4.78, 5) is 4.01. The van der Waals surface area contributed by atoms with Crippen LogP contribution in [0.2, 0.25) is 0 Å². The highest BCUT2D eigenvalue weighted by atomic mass is 14.9. The summed E-state index contributed by atoms with van der Waals surface area (Å²) < 4.78 is 0. The van der Waals surface area contributed by atoms with Gasteiger partial charge in [-0.1, -0.05) is 12.1 Å². The average Bonchev–Trinajstić information content (AvgIpc) is 2.46. The second-order valence-electron chi connectivity index (χ2n) is 4.12. The summed E-state index contributed by atoms with van der Waals surface area (Å²) in [6, 6.07) is 13.3. The molecule has 19 heavy (non-hydrogen) atoms. The van der Waals surface area contributed by atoms with Crippen molar-refractivity contribution in [3.05, 3.63) is 58.9 Å². The highest BCUT2D eigenvalue weighted by Crippen LogP contribution is 2.18. The van der Waals surface area contributed by atoms with Gasteiger partial charge in [-0.2, -0.15) is 10.5 Å². The van der Waals surface area contributed by atoms with Gasteiger partial charge in [-0.05, 0) is 30.7 Å². The molecule has 1 N–H and O–H groups in total. The first-order valence-electron chi connectivity index (χ1n) is 5.83. The topological polar surface area (TPSA) is 72.5 Å². The van der Waals surface area contributed by atoms with E-state index in [-0.39, 0.29) is 0 Å². The molecule has 1 heterocycles. The van der Waals surface area contributed by atoms with E-state index in [1.165, 1.54) is 0 Å². The van der Waals surface area contributed by atoms with Crippen molar-refractivity contribution in [2.75, 3.05) is 5.32 Å². The van der Waals surface area contributed by atoms with Gasteiger partial charge in [-0.15, -0.1) is 0 Å². The maximum Gasteiger partial charge on any atom is 0.145 e. The lowest BCUT2D eigenvalue weighted by Gasteiger charge is -2.10. The minimum atomic E-state index is 0.420. The van der Waals surface area contributed by atoms with Gasteiger partial charge in [0.25, 0.3) is 0 Å². The van der Waals surface area contributed by atoms with Gasteiger partial charge in [0, 0.05) is 24.0 Å². The fourth-order valence-corrected chi connectivity index (χ4v) is 1.75. The quantitative estimate of drug-likeness (QED) is 0.906. The van der Waals surface area contributed by atoms with Crippen molar-refractivity contribution < 1.29 is 0 Å². The van der Waals surface area contributed by atoms with Gasteiger partial charge in [-0.25, -0.2) is 4.98 Å². The molecule has 0 spiro atoms. The molecule has 0 aliphatic rings. The monoisotopic (exact) mass is 248 g/mol. The number of benzene rings is 1. The number of hydrogen-bond acceptors (Lipinski definition) is 4. The van der Waals surface area contributed by atoms with Crippen LogP contribution in [0, 0.1) is 29.6 Å². The average molecular weight is 248 g/mol. The van der Waals surface area contributed by atoms with Gasteiger partial charge in [0.1, 0.15) is 11.8 Å². The third-order valence-corrected chi connectivity index (χ3v) is 2.83. The van der Waals surface area contributed by atoms with Crippen LogP contribution in [0.1, 0.15) is 22.4 Å². The van der Waals surface area contributed by atoms with E-state index in [1.807, 2.05) is 19.1 Å². The number of nitrogens with zero attached hydrogens (tertiary/aromatic N) is 3. The zero-order chi connectivity index (χ0) is 13.7. The number of nitrogens with one attached hydrogen (secondary N) is 1. The van der Waals surface area contributed by atoms with Gasteiger partial charge in [0.15, 0.2) is 0 Å². The Hall–Kier alpha value is -2.85. The first kappa shape index (κ1) is 12.6. The number of anilines is 1. The highest BCUT2D eigenvalue weighted by Gasteiger charge is 2.04. The third-order valence-electron chi connectivity index (χ3n) is 2.83. The fourth-order valence-electron chi connectivity index (χ4n) is 1.75. The van der Waals surface area contributed by atoms with Crippen molar-refractivity contribution in [3.63, 3.8) is 0 Å². The molecule has 1 aromatic carbocycles. The highest BCUT2D eigenvalue weighted by molar-refractivity contribution is 5.55. The minimum Gasteiger partial charge on any atom is -0.381 e. The Bertz CT molecular complexity index is 677. The molecule has 1 aromatic heterocycles. The molecule has 0 aliphatic heterocycles. The first-order valence-corrected chi connectivity index (χ1v) is 5.83. The molecule has 4 nitrogen and oxygen atoms in total. The van der Waals surface area contributed by atoms with Gasteiger partial charge in [-0.3, -0.25) is 0 Å². The van der Waals surface area contributed by atoms with Crippen molar-refractivity contribution in [2.24, 2.45) is 0 Å². The molecule has 0 fully saturated rings. The predicted octanol–water partition coefficient (Wildman–Crippen LogP) is 2.75. The molecule has 0 amide bonds. The molecule has 0 aliphatic carbocycles. The second-order valence-corrected chi connectivity index (χ2v) is 4.12. The van der Waals surface area contributed by atoms with Gasteiger partial charge >= 0.3 is 0 Å². The van der Waals surface area contributed by atoms with Crippen molar-refractivity contribution in [2.45, 2.75) is 13.5 Å². The number of nitriles is 2. The summed E-state index contributed by atoms with van der Waals surface area (Å²) in [6.07, 6.45) is 1.60. The molecule has 0 atom stereocenters. The van der Waals surface area contributed by atoms with Crippen molar-refractivity contribution in [1.82, 2.24) is 4.98 Å². The third kappa shape index (κ3) is 2.88. The van der Waals surface area contributed by atoms with Crippen molar-refractivity contribution in [3.8, 4) is 12.1 Å². The van der Waals surface area contributed by atoms with Crippen LogP contribution < -0.4 is 5.32 Å². The lowest BCUT2D eigenvalue weighted by molar-refractivity contribution is 1.08. The van der Waals surface area contributed by atoms with Crippen LogP contribution in [0.15, 0.2) is 36.5 Å². The maximum absolute atomic E-state index is 8.97. The Morgan fingerprint density at radius 2 is 2.05 bits per heavy atom. The molecule has 2 aromatic rings. The zero-order valence-corrected chi connectivity index (χ0v) is 10.5. The molecule has 92 valence electrons. The summed E-state index contributed by atoms with van der Waals surface area (Å²) >= 11 is 0. The lowest BCUT2D eigenvalue weighted by atomic mass is 10.1. The molecule has 4 heteroatoms. The molecule has 0 saturated carbocycles. The molecule has 0 radical (unpaired) electrons. The van der Waals surface area contributed by atoms with Crippen LogP contribution in [0.25, 0.3) is 0 Å². The summed E-state index contributed by atoms with van der Waals surface area (Å²) in [5.74, 6) is 0. The number of aromatic nitrogens is 1. The summed E-state index contributed by atoms with van der Waals surface area (Å²) in [6.45, 7) is 2.48. The predicted molar refractivity (Wildman–Crippen MR) is 72.2 cm³/mol. The Morgan fingerprint density at radius 3 is 2.79 bits per heavy atom. The minimum absolute atomic E-state index is 0.420. The van der Waals surface area contributed by atoms with E-state index in [0.717, 1.165) is 16.8 Å². The summed E-state index contributed by atoms with van der Waals surface area (Å²) in [5, 5.41) is 21.1. The van der Waals surface area contributed by atoms with Crippen LogP contribution in [-0.4, -0.2) is 4.98 Å². The Labute approximate surface area is 112 Å². The van der Waals surface area contributed by atoms with Crippen LogP contribution in [0.4, 0.5) is 5.69 Å². The van der Waals surface area contributed by atoms with Crippen LogP contribution >= 0.6 is 0 Å². The summed E-state index contributed by atoms with van der Waals surface area (Å²) in [5.41, 5.74) is 3.82. The van der Waals surface area contributed by atoms with Crippen LogP contribution in [-0.2, 0) is 6.54 Å². The van der Waals surface area contributed by atoms with E-state index in [1.54, 1.807) is 24.4 Å².